The van der Waals surface area contributed by atoms with Gasteiger partial charge >= 0.3 is 0 Å². The molecule has 0 aliphatic carbocycles. The first-order chi connectivity index (χ1) is 14.6. The second-order valence-corrected chi connectivity index (χ2v) is 7.74. The summed E-state index contributed by atoms with van der Waals surface area (Å²) in [7, 11) is 0. The fourth-order valence-corrected chi connectivity index (χ4v) is 3.83. The van der Waals surface area contributed by atoms with Crippen LogP contribution in [0.1, 0.15) is 15.9 Å². The third-order valence-electron chi connectivity index (χ3n) is 5.33. The van der Waals surface area contributed by atoms with Gasteiger partial charge in [0.05, 0.1) is 5.56 Å². The summed E-state index contributed by atoms with van der Waals surface area (Å²) in [5.74, 6) is -0.977. The van der Waals surface area contributed by atoms with Crippen LogP contribution in [-0.2, 0) is 6.54 Å². The molecule has 1 aliphatic rings. The second-order valence-electron chi connectivity index (χ2n) is 7.34. The van der Waals surface area contributed by atoms with Gasteiger partial charge in [-0.15, -0.1) is 0 Å². The van der Waals surface area contributed by atoms with Gasteiger partial charge in [0.1, 0.15) is 5.82 Å². The Labute approximate surface area is 180 Å². The Morgan fingerprint density at radius 1 is 0.900 bits per heavy atom. The maximum atomic E-state index is 13.8. The van der Waals surface area contributed by atoms with Crippen LogP contribution in [0.5, 0.6) is 0 Å². The lowest BCUT2D eigenvalue weighted by molar-refractivity contribution is 0.102. The van der Waals surface area contributed by atoms with Gasteiger partial charge in [0, 0.05) is 49.1 Å². The van der Waals surface area contributed by atoms with Crippen molar-refractivity contribution >= 4 is 28.9 Å². The Bertz CT molecular complexity index is 1020. The molecule has 3 aromatic carbocycles. The molecule has 154 valence electrons. The van der Waals surface area contributed by atoms with Crippen LogP contribution in [0.25, 0.3) is 0 Å². The van der Waals surface area contributed by atoms with Gasteiger partial charge in [-0.2, -0.15) is 0 Å². The van der Waals surface area contributed by atoms with E-state index in [1.54, 1.807) is 12.1 Å². The van der Waals surface area contributed by atoms with E-state index in [0.29, 0.717) is 5.69 Å². The van der Waals surface area contributed by atoms with E-state index in [-0.39, 0.29) is 5.56 Å². The molecule has 1 N–H and O–H groups in total. The summed E-state index contributed by atoms with van der Waals surface area (Å²) in [4.78, 5) is 17.0. The Morgan fingerprint density at radius 2 is 1.57 bits per heavy atom. The lowest BCUT2D eigenvalue weighted by atomic mass is 10.1. The molecule has 1 saturated heterocycles. The van der Waals surface area contributed by atoms with Gasteiger partial charge in [0.15, 0.2) is 0 Å². The fraction of sp³-hybridized carbons (Fsp3) is 0.208. The number of benzene rings is 3. The molecule has 3 aromatic rings. The van der Waals surface area contributed by atoms with E-state index in [1.165, 1.54) is 12.1 Å². The monoisotopic (exact) mass is 423 g/mol. The van der Waals surface area contributed by atoms with Crippen molar-refractivity contribution in [1.29, 1.82) is 0 Å². The van der Waals surface area contributed by atoms with E-state index < -0.39 is 11.7 Å². The van der Waals surface area contributed by atoms with Crippen LogP contribution in [0.3, 0.4) is 0 Å². The van der Waals surface area contributed by atoms with E-state index in [4.69, 9.17) is 11.6 Å². The number of anilines is 2. The molecule has 0 saturated carbocycles. The van der Waals surface area contributed by atoms with Crippen LogP contribution in [-0.4, -0.2) is 37.0 Å². The Kier molecular flexibility index (Phi) is 6.31. The smallest absolute Gasteiger partial charge is 0.258 e. The van der Waals surface area contributed by atoms with Crippen molar-refractivity contribution in [3.8, 4) is 0 Å². The third kappa shape index (κ3) is 4.81. The Morgan fingerprint density at radius 3 is 2.27 bits per heavy atom. The molecule has 0 atom stereocenters. The molecule has 0 bridgehead atoms. The van der Waals surface area contributed by atoms with Crippen molar-refractivity contribution in [2.24, 2.45) is 0 Å². The number of carbonyl (C=O) groups is 1. The second kappa shape index (κ2) is 9.28. The molecule has 1 fully saturated rings. The molecule has 4 nitrogen and oxygen atoms in total. The highest BCUT2D eigenvalue weighted by atomic mass is 35.5. The van der Waals surface area contributed by atoms with Crippen molar-refractivity contribution in [3.63, 3.8) is 0 Å². The molecule has 0 radical (unpaired) electrons. The maximum absolute atomic E-state index is 13.8. The quantitative estimate of drug-likeness (QED) is 0.623. The predicted molar refractivity (Wildman–Crippen MR) is 120 cm³/mol. The summed E-state index contributed by atoms with van der Waals surface area (Å²) in [5, 5.41) is 3.56. The average Bonchev–Trinajstić information content (AvgIpc) is 2.77. The number of hydrogen-bond acceptors (Lipinski definition) is 3. The van der Waals surface area contributed by atoms with Gasteiger partial charge in [-0.3, -0.25) is 9.69 Å². The van der Waals surface area contributed by atoms with E-state index >= 15 is 0 Å². The number of rotatable bonds is 5. The van der Waals surface area contributed by atoms with Crippen LogP contribution in [0.2, 0.25) is 5.02 Å². The predicted octanol–water partition coefficient (Wildman–Crippen LogP) is 5.05. The molecule has 0 aromatic heterocycles. The molecule has 0 spiro atoms. The topological polar surface area (TPSA) is 35.6 Å². The molecule has 1 aliphatic heterocycles. The molecule has 4 rings (SSSR count). The number of piperazine rings is 1. The zero-order valence-corrected chi connectivity index (χ0v) is 17.3. The highest BCUT2D eigenvalue weighted by Crippen LogP contribution is 2.22. The van der Waals surface area contributed by atoms with E-state index in [0.717, 1.165) is 49.0 Å². The van der Waals surface area contributed by atoms with Gasteiger partial charge < -0.3 is 10.2 Å². The SMILES string of the molecule is O=C(Nc1ccc(N2CCN(Cc3ccccc3Cl)CC2)cc1)c1ccccc1F. The van der Waals surface area contributed by atoms with Crippen LogP contribution < -0.4 is 10.2 Å². The van der Waals surface area contributed by atoms with Crippen LogP contribution in [0.4, 0.5) is 15.8 Å². The minimum absolute atomic E-state index is 0.0382. The molecule has 1 amide bonds. The highest BCUT2D eigenvalue weighted by molar-refractivity contribution is 6.31. The summed E-state index contributed by atoms with van der Waals surface area (Å²) in [6.45, 7) is 4.61. The van der Waals surface area contributed by atoms with Gasteiger partial charge in [-0.1, -0.05) is 41.9 Å². The number of amides is 1. The standard InChI is InChI=1S/C24H23ClFN3O/c25-22-7-3-1-5-18(22)17-28-13-15-29(16-14-28)20-11-9-19(10-12-20)27-24(30)21-6-2-4-8-23(21)26/h1-12H,13-17H2,(H,27,30). The first-order valence-electron chi connectivity index (χ1n) is 9.97. The molecule has 0 unspecified atom stereocenters. The third-order valence-corrected chi connectivity index (χ3v) is 5.70. The first-order valence-corrected chi connectivity index (χ1v) is 10.3. The van der Waals surface area contributed by atoms with Crippen LogP contribution in [0, 0.1) is 5.82 Å². The zero-order valence-electron chi connectivity index (χ0n) is 16.5. The summed E-state index contributed by atoms with van der Waals surface area (Å²) in [6, 6.07) is 21.6. The van der Waals surface area contributed by atoms with Gasteiger partial charge in [-0.05, 0) is 48.0 Å². The van der Waals surface area contributed by atoms with Crippen molar-refractivity contribution in [2.45, 2.75) is 6.54 Å². The highest BCUT2D eigenvalue weighted by Gasteiger charge is 2.18. The Hall–Kier alpha value is -2.89. The van der Waals surface area contributed by atoms with E-state index in [2.05, 4.69) is 21.2 Å². The zero-order chi connectivity index (χ0) is 20.9. The van der Waals surface area contributed by atoms with E-state index in [1.807, 2.05) is 42.5 Å². The lowest BCUT2D eigenvalue weighted by Crippen LogP contribution is -2.46. The number of nitrogens with zero attached hydrogens (tertiary/aromatic N) is 2. The minimum atomic E-state index is -0.527. The molecule has 1 heterocycles. The normalized spacial score (nSPS) is 14.5. The molecular formula is C24H23ClFN3O. The number of nitrogens with one attached hydrogen (secondary N) is 1. The van der Waals surface area contributed by atoms with Crippen molar-refractivity contribution in [2.75, 3.05) is 36.4 Å². The van der Waals surface area contributed by atoms with Crippen molar-refractivity contribution < 1.29 is 9.18 Å². The lowest BCUT2D eigenvalue weighted by Gasteiger charge is -2.36. The number of carbonyl (C=O) groups excluding carboxylic acids is 1. The largest absolute Gasteiger partial charge is 0.369 e. The summed E-state index contributed by atoms with van der Waals surface area (Å²) >= 11 is 6.28. The Balaban J connectivity index is 1.32. The van der Waals surface area contributed by atoms with Crippen molar-refractivity contribution in [3.05, 3.63) is 94.8 Å². The summed E-state index contributed by atoms with van der Waals surface area (Å²) in [6.07, 6.45) is 0. The van der Waals surface area contributed by atoms with Gasteiger partial charge in [0.25, 0.3) is 5.91 Å². The molecule has 30 heavy (non-hydrogen) atoms. The van der Waals surface area contributed by atoms with Crippen LogP contribution >= 0.6 is 11.6 Å². The summed E-state index contributed by atoms with van der Waals surface area (Å²) in [5.41, 5.74) is 2.94. The first kappa shape index (κ1) is 20.4. The maximum Gasteiger partial charge on any atom is 0.258 e. The van der Waals surface area contributed by atoms with Gasteiger partial charge in [0.2, 0.25) is 0 Å². The van der Waals surface area contributed by atoms with Crippen LogP contribution in [0.15, 0.2) is 72.8 Å². The fourth-order valence-electron chi connectivity index (χ4n) is 3.63. The molecule has 6 heteroatoms. The summed E-state index contributed by atoms with van der Waals surface area (Å²) < 4.78 is 13.8. The molecular weight excluding hydrogens is 401 g/mol. The van der Waals surface area contributed by atoms with Gasteiger partial charge in [-0.25, -0.2) is 4.39 Å². The number of halogens is 2. The minimum Gasteiger partial charge on any atom is -0.369 e. The van der Waals surface area contributed by atoms with E-state index in [9.17, 15) is 9.18 Å². The average molecular weight is 424 g/mol. The van der Waals surface area contributed by atoms with Crippen molar-refractivity contribution in [1.82, 2.24) is 4.90 Å². The number of hydrogen-bond donors (Lipinski definition) is 1.